The van der Waals surface area contributed by atoms with E-state index in [-0.39, 0.29) is 17.3 Å². The van der Waals surface area contributed by atoms with Crippen molar-refractivity contribution in [1.29, 1.82) is 0 Å². The molecule has 3 N–H and O–H groups in total. The Morgan fingerprint density at radius 3 is 2.50 bits per heavy atom. The van der Waals surface area contributed by atoms with E-state index in [9.17, 15) is 17.6 Å². The Kier molecular flexibility index (Phi) is 3.80. The Labute approximate surface area is 119 Å². The number of rotatable bonds is 2. The lowest BCUT2D eigenvalue weighted by Gasteiger charge is -2.11. The average Bonchev–Trinajstić information content (AvgIpc) is 2.32. The molecule has 4 nitrogen and oxygen atoms in total. The Balaban J connectivity index is 2.39. The highest BCUT2D eigenvalue weighted by Gasteiger charge is 2.35. The van der Waals surface area contributed by atoms with Crippen molar-refractivity contribution in [2.24, 2.45) is 0 Å². The van der Waals surface area contributed by atoms with Gasteiger partial charge in [-0.15, -0.1) is 0 Å². The van der Waals surface area contributed by atoms with Crippen molar-refractivity contribution in [3.05, 3.63) is 40.4 Å². The summed E-state index contributed by atoms with van der Waals surface area (Å²) in [7, 11) is 0. The summed E-state index contributed by atoms with van der Waals surface area (Å²) in [6, 6.07) is 5.05. The normalized spacial score (nSPS) is 11.4. The lowest BCUT2D eigenvalue weighted by atomic mass is 10.3. The number of nitrogens with zero attached hydrogens (tertiary/aromatic N) is 2. The summed E-state index contributed by atoms with van der Waals surface area (Å²) in [6.45, 7) is 0. The third-order valence-corrected chi connectivity index (χ3v) is 2.68. The smallest absolute Gasteiger partial charge is 0.384 e. The first kappa shape index (κ1) is 14.5. The summed E-state index contributed by atoms with van der Waals surface area (Å²) in [5, 5.41) is 2.43. The third kappa shape index (κ3) is 3.35. The highest BCUT2D eigenvalue weighted by molar-refractivity contribution is 9.10. The quantitative estimate of drug-likeness (QED) is 0.810. The largest absolute Gasteiger partial charge is 0.451 e. The van der Waals surface area contributed by atoms with Gasteiger partial charge in [-0.3, -0.25) is 0 Å². The molecule has 0 spiro atoms. The van der Waals surface area contributed by atoms with Crippen molar-refractivity contribution < 1.29 is 17.6 Å². The van der Waals surface area contributed by atoms with Crippen LogP contribution in [0.5, 0.6) is 0 Å². The van der Waals surface area contributed by atoms with Gasteiger partial charge in [-0.2, -0.15) is 13.2 Å². The molecule has 1 aromatic heterocycles. The number of benzene rings is 1. The summed E-state index contributed by atoms with van der Waals surface area (Å²) in [5.74, 6) is -2.65. The van der Waals surface area contributed by atoms with Gasteiger partial charge in [0.2, 0.25) is 5.82 Å². The molecule has 0 unspecified atom stereocenters. The van der Waals surface area contributed by atoms with Crippen LogP contribution in [0.25, 0.3) is 0 Å². The van der Waals surface area contributed by atoms with E-state index < -0.39 is 17.8 Å². The maximum atomic E-state index is 13.5. The van der Waals surface area contributed by atoms with Crippen LogP contribution in [0, 0.1) is 5.82 Å². The minimum absolute atomic E-state index is 0.0365. The SMILES string of the molecule is Nc1cc(Nc2cc(Br)ccc2F)nc(C(F)(F)F)n1. The molecule has 2 rings (SSSR count). The highest BCUT2D eigenvalue weighted by atomic mass is 79.9. The Morgan fingerprint density at radius 1 is 1.15 bits per heavy atom. The zero-order valence-corrected chi connectivity index (χ0v) is 11.3. The van der Waals surface area contributed by atoms with E-state index in [0.29, 0.717) is 4.47 Å². The number of aromatic nitrogens is 2. The van der Waals surface area contributed by atoms with Crippen molar-refractivity contribution in [2.75, 3.05) is 11.1 Å². The fourth-order valence-corrected chi connectivity index (χ4v) is 1.75. The Morgan fingerprint density at radius 2 is 1.85 bits per heavy atom. The van der Waals surface area contributed by atoms with Gasteiger partial charge in [0.25, 0.3) is 0 Å². The lowest BCUT2D eigenvalue weighted by Crippen LogP contribution is -2.13. The number of nitrogens with two attached hydrogens (primary N) is 1. The summed E-state index contributed by atoms with van der Waals surface area (Å²) in [6.07, 6.45) is -4.73. The van der Waals surface area contributed by atoms with Crippen LogP contribution in [0.1, 0.15) is 5.82 Å². The summed E-state index contributed by atoms with van der Waals surface area (Å²) < 4.78 is 51.7. The molecule has 0 aliphatic heterocycles. The number of nitrogens with one attached hydrogen (secondary N) is 1. The molecule has 106 valence electrons. The second kappa shape index (κ2) is 5.23. The predicted molar refractivity (Wildman–Crippen MR) is 68.8 cm³/mol. The van der Waals surface area contributed by atoms with Crippen LogP contribution < -0.4 is 11.1 Å². The fourth-order valence-electron chi connectivity index (χ4n) is 1.39. The second-order valence-corrected chi connectivity index (χ2v) is 4.66. The number of alkyl halides is 3. The van der Waals surface area contributed by atoms with Crippen LogP contribution in [0.4, 0.5) is 34.9 Å². The number of hydrogen-bond donors (Lipinski definition) is 2. The molecular formula is C11H7BrF4N4. The van der Waals surface area contributed by atoms with Crippen molar-refractivity contribution in [2.45, 2.75) is 6.18 Å². The summed E-state index contributed by atoms with van der Waals surface area (Å²) in [4.78, 5) is 6.35. The number of anilines is 3. The summed E-state index contributed by atoms with van der Waals surface area (Å²) in [5.41, 5.74) is 5.25. The first-order valence-corrected chi connectivity index (χ1v) is 5.99. The van der Waals surface area contributed by atoms with Gasteiger partial charge in [0.05, 0.1) is 5.69 Å². The maximum Gasteiger partial charge on any atom is 0.451 e. The summed E-state index contributed by atoms with van der Waals surface area (Å²) >= 11 is 3.13. The molecule has 0 saturated heterocycles. The van der Waals surface area contributed by atoms with E-state index >= 15 is 0 Å². The van der Waals surface area contributed by atoms with E-state index in [1.807, 2.05) is 0 Å². The van der Waals surface area contributed by atoms with Crippen LogP contribution in [-0.4, -0.2) is 9.97 Å². The monoisotopic (exact) mass is 350 g/mol. The first-order valence-electron chi connectivity index (χ1n) is 5.19. The van der Waals surface area contributed by atoms with E-state index in [0.717, 1.165) is 12.1 Å². The van der Waals surface area contributed by atoms with Crippen LogP contribution in [0.15, 0.2) is 28.7 Å². The van der Waals surface area contributed by atoms with Gasteiger partial charge >= 0.3 is 6.18 Å². The molecule has 0 amide bonds. The van der Waals surface area contributed by atoms with Crippen LogP contribution in [0.3, 0.4) is 0 Å². The number of nitrogen functional groups attached to an aromatic ring is 1. The molecule has 1 aromatic carbocycles. The maximum absolute atomic E-state index is 13.5. The fraction of sp³-hybridized carbons (Fsp3) is 0.0909. The van der Waals surface area contributed by atoms with Crippen LogP contribution >= 0.6 is 15.9 Å². The standard InChI is InChI=1S/C11H7BrF4N4/c12-5-1-2-6(13)7(3-5)18-9-4-8(17)19-10(20-9)11(14,15)16/h1-4H,(H3,17,18,19,20). The minimum atomic E-state index is -4.73. The van der Waals surface area contributed by atoms with Crippen molar-refractivity contribution in [1.82, 2.24) is 9.97 Å². The first-order chi connectivity index (χ1) is 9.25. The van der Waals surface area contributed by atoms with E-state index in [2.05, 4.69) is 31.2 Å². The van der Waals surface area contributed by atoms with Gasteiger partial charge in [0.1, 0.15) is 17.5 Å². The van der Waals surface area contributed by atoms with E-state index in [1.165, 1.54) is 12.1 Å². The van der Waals surface area contributed by atoms with Crippen molar-refractivity contribution >= 4 is 33.3 Å². The van der Waals surface area contributed by atoms with Crippen LogP contribution in [-0.2, 0) is 6.18 Å². The zero-order valence-electron chi connectivity index (χ0n) is 9.67. The van der Waals surface area contributed by atoms with Gasteiger partial charge in [-0.25, -0.2) is 14.4 Å². The zero-order chi connectivity index (χ0) is 14.9. The molecule has 0 fully saturated rings. The molecular weight excluding hydrogens is 344 g/mol. The molecule has 0 aliphatic rings. The second-order valence-electron chi connectivity index (χ2n) is 3.75. The molecule has 9 heteroatoms. The van der Waals surface area contributed by atoms with E-state index in [4.69, 9.17) is 5.73 Å². The molecule has 20 heavy (non-hydrogen) atoms. The molecule has 1 heterocycles. The van der Waals surface area contributed by atoms with Gasteiger partial charge in [-0.1, -0.05) is 15.9 Å². The molecule has 0 atom stereocenters. The Hall–Kier alpha value is -1.90. The van der Waals surface area contributed by atoms with Gasteiger partial charge in [-0.05, 0) is 18.2 Å². The highest BCUT2D eigenvalue weighted by Crippen LogP contribution is 2.29. The number of halogens is 5. The van der Waals surface area contributed by atoms with Crippen molar-refractivity contribution in [3.8, 4) is 0 Å². The van der Waals surface area contributed by atoms with Gasteiger partial charge < -0.3 is 11.1 Å². The topological polar surface area (TPSA) is 63.8 Å². The minimum Gasteiger partial charge on any atom is -0.384 e. The molecule has 0 bridgehead atoms. The molecule has 2 aromatic rings. The number of hydrogen-bond acceptors (Lipinski definition) is 4. The van der Waals surface area contributed by atoms with Crippen LogP contribution in [0.2, 0.25) is 0 Å². The lowest BCUT2D eigenvalue weighted by molar-refractivity contribution is -0.144. The van der Waals surface area contributed by atoms with Crippen molar-refractivity contribution in [3.63, 3.8) is 0 Å². The van der Waals surface area contributed by atoms with Gasteiger partial charge in [0, 0.05) is 10.5 Å². The Bertz CT molecular complexity index is 645. The molecule has 0 radical (unpaired) electrons. The average molecular weight is 351 g/mol. The predicted octanol–water partition coefficient (Wildman–Crippen LogP) is 3.72. The van der Waals surface area contributed by atoms with Gasteiger partial charge in [0.15, 0.2) is 0 Å². The molecule has 0 aliphatic carbocycles. The molecule has 0 saturated carbocycles. The third-order valence-electron chi connectivity index (χ3n) is 2.19. The van der Waals surface area contributed by atoms with E-state index in [1.54, 1.807) is 0 Å².